The van der Waals surface area contributed by atoms with Crippen molar-refractivity contribution in [3.8, 4) is 17.2 Å². The second-order valence-electron chi connectivity index (χ2n) is 17.0. The lowest BCUT2D eigenvalue weighted by atomic mass is 9.84. The van der Waals surface area contributed by atoms with Gasteiger partial charge in [0.15, 0.2) is 11.5 Å². The first-order chi connectivity index (χ1) is 26.3. The van der Waals surface area contributed by atoms with Gasteiger partial charge in [-0.25, -0.2) is 4.68 Å². The van der Waals surface area contributed by atoms with Crippen molar-refractivity contribution in [2.24, 2.45) is 17.6 Å². The Kier molecular flexibility index (Phi) is 11.3. The standard InChI is InChI=1S/C42H60N8O4/c1-42(2)36-23-38(54-29-31-6-7-31)39(24-37(36)44-41(42)43)53-20-5-16-48-25-32-8-9-35(22-33(32)26-48)52-21-13-34-27-50(46-45-34)28-40(51)49-18-11-30(12-19-49)10-17-47-14-3-4-15-47/h8-9,22-24,27,30-31,41,44H,3-7,10-21,25-26,28-29,43H2,1-2H3. The zero-order chi connectivity index (χ0) is 37.1. The molecule has 5 aliphatic rings. The third kappa shape index (κ3) is 8.98. The fourth-order valence-corrected chi connectivity index (χ4v) is 8.49. The number of nitrogens with one attached hydrogen (secondary N) is 1. The molecular formula is C42H60N8O4. The molecule has 2 aromatic carbocycles. The Balaban J connectivity index is 0.740. The lowest BCUT2D eigenvalue weighted by Gasteiger charge is -2.32. The van der Waals surface area contributed by atoms with E-state index in [1.54, 1.807) is 4.68 Å². The molecule has 1 aliphatic carbocycles. The normalized spacial score (nSPS) is 21.2. The summed E-state index contributed by atoms with van der Waals surface area (Å²) in [4.78, 5) is 20.1. The molecule has 4 aliphatic heterocycles. The van der Waals surface area contributed by atoms with Crippen LogP contribution in [-0.4, -0.2) is 101 Å². The molecule has 1 atom stereocenters. The summed E-state index contributed by atoms with van der Waals surface area (Å²) < 4.78 is 20.4. The average molecular weight is 741 g/mol. The van der Waals surface area contributed by atoms with E-state index in [0.29, 0.717) is 25.6 Å². The Morgan fingerprint density at radius 1 is 0.889 bits per heavy atom. The molecule has 1 unspecified atom stereocenters. The third-order valence-electron chi connectivity index (χ3n) is 12.4. The molecule has 8 rings (SSSR count). The second-order valence-corrected chi connectivity index (χ2v) is 17.0. The molecule has 3 N–H and O–H groups in total. The minimum atomic E-state index is -0.171. The molecule has 1 saturated carbocycles. The van der Waals surface area contributed by atoms with Crippen molar-refractivity contribution >= 4 is 11.6 Å². The van der Waals surface area contributed by atoms with E-state index < -0.39 is 0 Å². The van der Waals surface area contributed by atoms with Gasteiger partial charge in [0.25, 0.3) is 0 Å². The van der Waals surface area contributed by atoms with Crippen LogP contribution in [0.1, 0.15) is 87.6 Å². The van der Waals surface area contributed by atoms with Crippen molar-refractivity contribution in [1.29, 1.82) is 0 Å². The number of carbonyl (C=O) groups excluding carboxylic acids is 1. The Morgan fingerprint density at radius 3 is 2.50 bits per heavy atom. The fourth-order valence-electron chi connectivity index (χ4n) is 8.49. The molecule has 5 heterocycles. The van der Waals surface area contributed by atoms with Crippen LogP contribution in [0.4, 0.5) is 5.69 Å². The summed E-state index contributed by atoms with van der Waals surface area (Å²) in [6.07, 6.45) is 12.0. The van der Waals surface area contributed by atoms with Gasteiger partial charge in [-0.2, -0.15) is 0 Å². The first-order valence-corrected chi connectivity index (χ1v) is 20.6. The highest BCUT2D eigenvalue weighted by atomic mass is 16.5. The third-order valence-corrected chi connectivity index (χ3v) is 12.4. The number of amides is 1. The molecule has 0 radical (unpaired) electrons. The molecular weight excluding hydrogens is 681 g/mol. The summed E-state index contributed by atoms with van der Waals surface area (Å²) in [5.74, 6) is 4.03. The maximum atomic E-state index is 13.0. The SMILES string of the molecule is CC1(C)c2cc(OCC3CC3)c(OCCCN3Cc4ccc(OCCc5cn(CC(=O)N6CCC(CCN7CCCC7)CC6)nn5)cc4C3)cc2NC1N. The van der Waals surface area contributed by atoms with Crippen molar-refractivity contribution in [1.82, 2.24) is 29.7 Å². The van der Waals surface area contributed by atoms with E-state index in [0.717, 1.165) is 93.1 Å². The number of ether oxygens (including phenoxy) is 3. The van der Waals surface area contributed by atoms with Crippen molar-refractivity contribution in [2.45, 2.75) is 103 Å². The summed E-state index contributed by atoms with van der Waals surface area (Å²) in [5.41, 5.74) is 12.0. The van der Waals surface area contributed by atoms with Gasteiger partial charge in [-0.05, 0) is 118 Å². The first kappa shape index (κ1) is 37.1. The number of anilines is 1. The molecule has 3 aromatic rings. The van der Waals surface area contributed by atoms with E-state index in [-0.39, 0.29) is 24.0 Å². The van der Waals surface area contributed by atoms with Gasteiger partial charge in [0.2, 0.25) is 5.91 Å². The van der Waals surface area contributed by atoms with Crippen LogP contribution in [0, 0.1) is 11.8 Å². The number of likely N-dealkylation sites (tertiary alicyclic amines) is 2. The number of hydrogen-bond donors (Lipinski definition) is 2. The molecule has 0 spiro atoms. The average Bonchev–Trinajstić information content (AvgIpc) is 3.45. The van der Waals surface area contributed by atoms with Crippen molar-refractivity contribution in [2.75, 3.05) is 64.4 Å². The number of aromatic nitrogens is 3. The van der Waals surface area contributed by atoms with E-state index >= 15 is 0 Å². The molecule has 0 bridgehead atoms. The highest BCUT2D eigenvalue weighted by molar-refractivity contribution is 5.76. The smallest absolute Gasteiger partial charge is 0.244 e. The summed E-state index contributed by atoms with van der Waals surface area (Å²) in [6, 6.07) is 10.6. The largest absolute Gasteiger partial charge is 0.493 e. The number of fused-ring (bicyclic) bond motifs is 2. The number of benzene rings is 2. The zero-order valence-corrected chi connectivity index (χ0v) is 32.4. The van der Waals surface area contributed by atoms with Gasteiger partial charge in [-0.15, -0.1) is 5.10 Å². The highest BCUT2D eigenvalue weighted by Crippen LogP contribution is 2.45. The summed E-state index contributed by atoms with van der Waals surface area (Å²) in [5, 5.41) is 12.0. The fraction of sp³-hybridized carbons (Fsp3) is 0.643. The van der Waals surface area contributed by atoms with Gasteiger partial charge >= 0.3 is 0 Å². The van der Waals surface area contributed by atoms with Crippen LogP contribution in [0.5, 0.6) is 17.2 Å². The summed E-state index contributed by atoms with van der Waals surface area (Å²) >= 11 is 0. The molecule has 2 saturated heterocycles. The zero-order valence-electron chi connectivity index (χ0n) is 32.4. The topological polar surface area (TPSA) is 123 Å². The van der Waals surface area contributed by atoms with Gasteiger partial charge in [0, 0.05) is 62.5 Å². The number of hydrogen-bond acceptors (Lipinski definition) is 10. The molecule has 54 heavy (non-hydrogen) atoms. The number of piperidine rings is 1. The number of nitrogens with zero attached hydrogens (tertiary/aromatic N) is 6. The van der Waals surface area contributed by atoms with Crippen LogP contribution in [0.25, 0.3) is 0 Å². The van der Waals surface area contributed by atoms with Crippen molar-refractivity contribution < 1.29 is 19.0 Å². The van der Waals surface area contributed by atoms with Crippen LogP contribution in [0.2, 0.25) is 0 Å². The molecule has 3 fully saturated rings. The molecule has 1 aromatic heterocycles. The minimum Gasteiger partial charge on any atom is -0.493 e. The number of nitrogens with two attached hydrogens (primary N) is 1. The Labute approximate surface area is 320 Å². The Morgan fingerprint density at radius 2 is 1.69 bits per heavy atom. The van der Waals surface area contributed by atoms with Crippen LogP contribution in [0.3, 0.4) is 0 Å². The summed E-state index contributed by atoms with van der Waals surface area (Å²) in [6.45, 7) is 14.7. The Hall–Kier alpha value is -3.87. The lowest BCUT2D eigenvalue weighted by molar-refractivity contribution is -0.133. The van der Waals surface area contributed by atoms with Crippen molar-refractivity contribution in [3.63, 3.8) is 0 Å². The van der Waals surface area contributed by atoms with E-state index in [4.69, 9.17) is 19.9 Å². The maximum Gasteiger partial charge on any atom is 0.244 e. The maximum absolute atomic E-state index is 13.0. The van der Waals surface area contributed by atoms with Gasteiger partial charge in [-0.1, -0.05) is 25.1 Å². The first-order valence-electron chi connectivity index (χ1n) is 20.6. The highest BCUT2D eigenvalue weighted by Gasteiger charge is 2.38. The van der Waals surface area contributed by atoms with Gasteiger partial charge in [-0.3, -0.25) is 9.69 Å². The molecule has 1 amide bonds. The predicted molar refractivity (Wildman–Crippen MR) is 209 cm³/mol. The monoisotopic (exact) mass is 740 g/mol. The van der Waals surface area contributed by atoms with Crippen LogP contribution in [-0.2, 0) is 36.3 Å². The molecule has 12 heteroatoms. The minimum absolute atomic E-state index is 0.134. The van der Waals surface area contributed by atoms with Crippen LogP contribution in [0.15, 0.2) is 36.5 Å². The molecule has 292 valence electrons. The second kappa shape index (κ2) is 16.5. The number of carbonyl (C=O) groups is 1. The van der Waals surface area contributed by atoms with Gasteiger partial charge < -0.3 is 35.1 Å². The van der Waals surface area contributed by atoms with E-state index in [1.807, 2.05) is 11.1 Å². The van der Waals surface area contributed by atoms with Gasteiger partial charge in [0.05, 0.1) is 31.7 Å². The predicted octanol–water partition coefficient (Wildman–Crippen LogP) is 5.19. The van der Waals surface area contributed by atoms with E-state index in [2.05, 4.69) is 69.6 Å². The van der Waals surface area contributed by atoms with Crippen LogP contribution >= 0.6 is 0 Å². The van der Waals surface area contributed by atoms with Crippen LogP contribution < -0.4 is 25.3 Å². The molecule has 12 nitrogen and oxygen atoms in total. The number of rotatable bonds is 17. The Bertz CT molecular complexity index is 1740. The quantitative estimate of drug-likeness (QED) is 0.179. The summed E-state index contributed by atoms with van der Waals surface area (Å²) in [7, 11) is 0. The van der Waals surface area contributed by atoms with E-state index in [1.165, 1.54) is 68.4 Å². The lowest BCUT2D eigenvalue weighted by Crippen LogP contribution is -2.40. The van der Waals surface area contributed by atoms with Crippen molar-refractivity contribution in [3.05, 3.63) is 58.9 Å². The van der Waals surface area contributed by atoms with Gasteiger partial charge in [0.1, 0.15) is 12.3 Å². The van der Waals surface area contributed by atoms with E-state index in [9.17, 15) is 4.79 Å².